The number of nitrogens with two attached hydrogens (primary N) is 1. The van der Waals surface area contributed by atoms with Crippen LogP contribution in [-0.2, 0) is 6.54 Å². The summed E-state index contributed by atoms with van der Waals surface area (Å²) < 4.78 is 2.38. The van der Waals surface area contributed by atoms with E-state index in [0.29, 0.717) is 5.56 Å². The van der Waals surface area contributed by atoms with Crippen molar-refractivity contribution < 1.29 is 4.79 Å². The van der Waals surface area contributed by atoms with Crippen LogP contribution < -0.4 is 5.73 Å². The number of benzene rings is 2. The molecule has 0 radical (unpaired) electrons. The molecule has 1 saturated carbocycles. The Morgan fingerprint density at radius 2 is 2.05 bits per heavy atom. The molecule has 0 unspecified atom stereocenters. The summed E-state index contributed by atoms with van der Waals surface area (Å²) in [4.78, 5) is 11.8. The van der Waals surface area contributed by atoms with Crippen molar-refractivity contribution in [2.45, 2.75) is 32.7 Å². The predicted octanol–water partition coefficient (Wildman–Crippen LogP) is 4.00. The summed E-state index contributed by atoms with van der Waals surface area (Å²) in [7, 11) is 0. The monoisotopic (exact) mass is 292 g/mol. The summed E-state index contributed by atoms with van der Waals surface area (Å²) in [6, 6.07) is 12.3. The molecular formula is C19H20N2O. The van der Waals surface area contributed by atoms with Gasteiger partial charge in [-0.25, -0.2) is 0 Å². The van der Waals surface area contributed by atoms with Crippen LogP contribution in [0.5, 0.6) is 0 Å². The average molecular weight is 292 g/mol. The topological polar surface area (TPSA) is 48.0 Å². The van der Waals surface area contributed by atoms with Gasteiger partial charge in [0.05, 0.1) is 0 Å². The van der Waals surface area contributed by atoms with Gasteiger partial charge in [0, 0.05) is 33.9 Å². The van der Waals surface area contributed by atoms with Crippen LogP contribution in [0.4, 0.5) is 0 Å². The van der Waals surface area contributed by atoms with Gasteiger partial charge in [-0.3, -0.25) is 4.79 Å². The van der Waals surface area contributed by atoms with Crippen molar-refractivity contribution in [2.24, 2.45) is 11.7 Å². The van der Waals surface area contributed by atoms with Crippen LogP contribution in [0.1, 0.15) is 35.2 Å². The zero-order valence-corrected chi connectivity index (χ0v) is 12.8. The first kappa shape index (κ1) is 13.4. The maximum Gasteiger partial charge on any atom is 0.249 e. The molecule has 0 saturated heterocycles. The molecule has 3 aromatic rings. The Kier molecular flexibility index (Phi) is 2.96. The van der Waals surface area contributed by atoms with Crippen molar-refractivity contribution in [2.75, 3.05) is 0 Å². The van der Waals surface area contributed by atoms with E-state index in [1.807, 2.05) is 12.1 Å². The zero-order chi connectivity index (χ0) is 15.3. The van der Waals surface area contributed by atoms with E-state index in [1.54, 1.807) is 0 Å². The summed E-state index contributed by atoms with van der Waals surface area (Å²) in [5.41, 5.74) is 9.81. The van der Waals surface area contributed by atoms with Crippen molar-refractivity contribution in [3.63, 3.8) is 0 Å². The van der Waals surface area contributed by atoms with E-state index in [1.165, 1.54) is 30.3 Å². The molecule has 3 nitrogen and oxygen atoms in total. The van der Waals surface area contributed by atoms with Crippen molar-refractivity contribution in [3.05, 3.63) is 47.5 Å². The molecule has 0 aliphatic heterocycles. The number of aryl methyl sites for hydroxylation is 1. The second-order valence-corrected chi connectivity index (χ2v) is 6.49. The highest BCUT2D eigenvalue weighted by molar-refractivity contribution is 6.17. The largest absolute Gasteiger partial charge is 0.366 e. The first-order chi connectivity index (χ1) is 10.6. The molecule has 112 valence electrons. The van der Waals surface area contributed by atoms with E-state index in [2.05, 4.69) is 35.8 Å². The molecule has 1 fully saturated rings. The number of amides is 1. The quantitative estimate of drug-likeness (QED) is 0.779. The Hall–Kier alpha value is -2.29. The van der Waals surface area contributed by atoms with Crippen LogP contribution in [-0.4, -0.2) is 10.5 Å². The van der Waals surface area contributed by atoms with Crippen LogP contribution >= 0.6 is 0 Å². The third-order valence-electron chi connectivity index (χ3n) is 4.98. The lowest BCUT2D eigenvalue weighted by Crippen LogP contribution is -2.18. The fourth-order valence-corrected chi connectivity index (χ4v) is 3.59. The van der Waals surface area contributed by atoms with E-state index < -0.39 is 0 Å². The minimum atomic E-state index is -0.353. The van der Waals surface area contributed by atoms with Crippen molar-refractivity contribution >= 4 is 27.7 Å². The minimum Gasteiger partial charge on any atom is -0.366 e. The molecule has 3 heteroatoms. The summed E-state index contributed by atoms with van der Waals surface area (Å²) >= 11 is 0. The molecule has 1 amide bonds. The first-order valence-corrected chi connectivity index (χ1v) is 7.96. The molecule has 1 aliphatic rings. The summed E-state index contributed by atoms with van der Waals surface area (Å²) in [5, 5.41) is 2.14. The van der Waals surface area contributed by atoms with E-state index in [4.69, 9.17) is 5.73 Å². The fourth-order valence-electron chi connectivity index (χ4n) is 3.59. The number of aromatic nitrogens is 1. The molecule has 0 spiro atoms. The number of hydrogen-bond donors (Lipinski definition) is 1. The van der Waals surface area contributed by atoms with Gasteiger partial charge in [-0.1, -0.05) is 24.6 Å². The third kappa shape index (κ3) is 1.92. The van der Waals surface area contributed by atoms with E-state index in [-0.39, 0.29) is 5.91 Å². The molecule has 1 aromatic heterocycles. The number of carbonyl (C=O) groups is 1. The highest BCUT2D eigenvalue weighted by atomic mass is 16.1. The van der Waals surface area contributed by atoms with E-state index >= 15 is 0 Å². The van der Waals surface area contributed by atoms with Gasteiger partial charge in [-0.2, -0.15) is 0 Å². The SMILES string of the molecule is Cc1ccc2c3c(C(N)=O)cccc3n(CC3CCC3)c2c1. The molecule has 1 aliphatic carbocycles. The highest BCUT2D eigenvalue weighted by Crippen LogP contribution is 2.35. The first-order valence-electron chi connectivity index (χ1n) is 7.96. The lowest BCUT2D eigenvalue weighted by atomic mass is 9.85. The van der Waals surface area contributed by atoms with Gasteiger partial charge in [0.25, 0.3) is 0 Å². The van der Waals surface area contributed by atoms with Gasteiger partial charge in [-0.05, 0) is 49.4 Å². The van der Waals surface area contributed by atoms with Gasteiger partial charge < -0.3 is 10.3 Å². The van der Waals surface area contributed by atoms with Crippen LogP contribution in [0, 0.1) is 12.8 Å². The number of carbonyl (C=O) groups excluding carboxylic acids is 1. The van der Waals surface area contributed by atoms with Gasteiger partial charge in [-0.15, -0.1) is 0 Å². The Morgan fingerprint density at radius 1 is 1.23 bits per heavy atom. The zero-order valence-electron chi connectivity index (χ0n) is 12.8. The molecule has 2 N–H and O–H groups in total. The predicted molar refractivity (Wildman–Crippen MR) is 90.0 cm³/mol. The summed E-state index contributed by atoms with van der Waals surface area (Å²) in [5.74, 6) is 0.408. The fraction of sp³-hybridized carbons (Fsp3) is 0.316. The molecule has 1 heterocycles. The lowest BCUT2D eigenvalue weighted by molar-refractivity contribution is 0.100. The van der Waals surface area contributed by atoms with Gasteiger partial charge in [0.2, 0.25) is 5.91 Å². The Morgan fingerprint density at radius 3 is 2.73 bits per heavy atom. The second kappa shape index (κ2) is 4.87. The molecule has 0 bridgehead atoms. The number of rotatable bonds is 3. The summed E-state index contributed by atoms with van der Waals surface area (Å²) in [6.07, 6.45) is 3.96. The molecule has 4 rings (SSSR count). The third-order valence-corrected chi connectivity index (χ3v) is 4.98. The molecule has 22 heavy (non-hydrogen) atoms. The van der Waals surface area contributed by atoms with Gasteiger partial charge >= 0.3 is 0 Å². The van der Waals surface area contributed by atoms with Gasteiger partial charge in [0.15, 0.2) is 0 Å². The number of primary amides is 1. The molecule has 0 atom stereocenters. The Bertz CT molecular complexity index is 887. The average Bonchev–Trinajstić information content (AvgIpc) is 2.75. The number of hydrogen-bond acceptors (Lipinski definition) is 1. The smallest absolute Gasteiger partial charge is 0.249 e. The second-order valence-electron chi connectivity index (χ2n) is 6.49. The maximum atomic E-state index is 11.8. The Labute approximate surface area is 129 Å². The minimum absolute atomic E-state index is 0.353. The van der Waals surface area contributed by atoms with Crippen LogP contribution in [0.3, 0.4) is 0 Å². The Balaban J connectivity index is 2.07. The molecule has 2 aromatic carbocycles. The van der Waals surface area contributed by atoms with Crippen molar-refractivity contribution in [3.8, 4) is 0 Å². The van der Waals surface area contributed by atoms with Crippen LogP contribution in [0.2, 0.25) is 0 Å². The summed E-state index contributed by atoms with van der Waals surface area (Å²) in [6.45, 7) is 3.14. The molecular weight excluding hydrogens is 272 g/mol. The number of fused-ring (bicyclic) bond motifs is 3. The van der Waals surface area contributed by atoms with Crippen molar-refractivity contribution in [1.82, 2.24) is 4.57 Å². The van der Waals surface area contributed by atoms with Crippen LogP contribution in [0.25, 0.3) is 21.8 Å². The van der Waals surface area contributed by atoms with Crippen LogP contribution in [0.15, 0.2) is 36.4 Å². The van der Waals surface area contributed by atoms with E-state index in [9.17, 15) is 4.79 Å². The van der Waals surface area contributed by atoms with Crippen molar-refractivity contribution in [1.29, 1.82) is 0 Å². The standard InChI is InChI=1S/C19H20N2O/c1-12-8-9-14-17(10-12)21(11-13-4-2-5-13)16-7-3-6-15(18(14)16)19(20)22/h3,6-10,13H,2,4-5,11H2,1H3,(H2,20,22). The van der Waals surface area contributed by atoms with E-state index in [0.717, 1.165) is 28.8 Å². The number of nitrogens with zero attached hydrogens (tertiary/aromatic N) is 1. The lowest BCUT2D eigenvalue weighted by Gasteiger charge is -2.26. The maximum absolute atomic E-state index is 11.8. The highest BCUT2D eigenvalue weighted by Gasteiger charge is 2.22. The normalized spacial score (nSPS) is 15.3. The van der Waals surface area contributed by atoms with Gasteiger partial charge in [0.1, 0.15) is 0 Å².